The van der Waals surface area contributed by atoms with Gasteiger partial charge in [0.25, 0.3) is 0 Å². The number of aliphatic hydroxyl groups excluding tert-OH is 3. The first-order valence-corrected chi connectivity index (χ1v) is 6.30. The van der Waals surface area contributed by atoms with E-state index in [1.165, 1.54) is 6.34 Å². The topological polar surface area (TPSA) is 136 Å². The van der Waals surface area contributed by atoms with Crippen LogP contribution in [0.5, 0.6) is 0 Å². The van der Waals surface area contributed by atoms with Crippen molar-refractivity contribution < 1.29 is 20.1 Å². The second-order valence-electron chi connectivity index (χ2n) is 5.19. The van der Waals surface area contributed by atoms with E-state index in [4.69, 9.17) is 15.6 Å². The second-order valence-corrected chi connectivity index (χ2v) is 5.19. The average molecular weight is 283 g/mol. The maximum Gasteiger partial charge on any atom is 0.162 e. The minimum absolute atomic E-state index is 0.205. The van der Waals surface area contributed by atoms with Crippen molar-refractivity contribution >= 4 is 17.9 Å². The van der Waals surface area contributed by atoms with Gasteiger partial charge in [0.1, 0.15) is 37.0 Å². The predicted molar refractivity (Wildman–Crippen MR) is 70.4 cm³/mol. The normalized spacial score (nSPS) is 43.5. The van der Waals surface area contributed by atoms with E-state index in [1.54, 1.807) is 11.8 Å². The quantitative estimate of drug-likeness (QED) is 0.434. The molecule has 0 aromatic heterocycles. The first-order chi connectivity index (χ1) is 9.45. The summed E-state index contributed by atoms with van der Waals surface area (Å²) >= 11 is 0. The van der Waals surface area contributed by atoms with E-state index in [1.807, 2.05) is 0 Å². The minimum Gasteiger partial charge on any atom is -0.394 e. The van der Waals surface area contributed by atoms with Gasteiger partial charge in [-0.1, -0.05) is 0 Å². The van der Waals surface area contributed by atoms with Crippen molar-refractivity contribution in [3.8, 4) is 0 Å². The summed E-state index contributed by atoms with van der Waals surface area (Å²) in [4.78, 5) is 14.1. The molecule has 1 unspecified atom stereocenters. The monoisotopic (exact) mass is 283 g/mol. The maximum atomic E-state index is 10.0. The van der Waals surface area contributed by atoms with Crippen LogP contribution in [0.4, 0.5) is 0 Å². The van der Waals surface area contributed by atoms with Crippen molar-refractivity contribution in [3.05, 3.63) is 0 Å². The molecular weight excluding hydrogens is 266 g/mol. The summed E-state index contributed by atoms with van der Waals surface area (Å²) in [7, 11) is 0. The molecule has 0 aromatic rings. The number of rotatable bonds is 2. The molecule has 110 valence electrons. The number of fused-ring (bicyclic) bond motifs is 1. The maximum absolute atomic E-state index is 10.0. The lowest BCUT2D eigenvalue weighted by molar-refractivity contribution is -0.0688. The Morgan fingerprint density at radius 3 is 2.90 bits per heavy atom. The van der Waals surface area contributed by atoms with E-state index in [9.17, 15) is 10.2 Å². The molecule has 0 radical (unpaired) electrons. The van der Waals surface area contributed by atoms with Crippen LogP contribution < -0.4 is 5.73 Å². The fourth-order valence-electron chi connectivity index (χ4n) is 2.55. The summed E-state index contributed by atoms with van der Waals surface area (Å²) in [5.74, 6) is 0.472. The molecule has 1 fully saturated rings. The van der Waals surface area contributed by atoms with Crippen molar-refractivity contribution in [1.82, 2.24) is 4.90 Å². The lowest BCUT2D eigenvalue weighted by atomic mass is 10.1. The van der Waals surface area contributed by atoms with Crippen LogP contribution in [0.15, 0.2) is 15.0 Å². The lowest BCUT2D eigenvalue weighted by Gasteiger charge is -2.30. The highest BCUT2D eigenvalue weighted by Crippen LogP contribution is 2.28. The zero-order valence-electron chi connectivity index (χ0n) is 10.9. The fraction of sp³-hybridized carbons (Fsp3) is 0.727. The smallest absolute Gasteiger partial charge is 0.162 e. The van der Waals surface area contributed by atoms with Gasteiger partial charge in [0.2, 0.25) is 0 Å². The van der Waals surface area contributed by atoms with Crippen LogP contribution in [0.25, 0.3) is 0 Å². The molecule has 3 heterocycles. The summed E-state index contributed by atoms with van der Waals surface area (Å²) < 4.78 is 5.47. The van der Waals surface area contributed by atoms with Gasteiger partial charge < -0.3 is 30.7 Å². The van der Waals surface area contributed by atoms with Crippen molar-refractivity contribution in [2.24, 2.45) is 20.7 Å². The Labute approximate surface area is 115 Å². The molecule has 5 N–H and O–H groups in total. The first kappa shape index (κ1) is 13.6. The molecule has 0 amide bonds. The standard InChI is InChI=1S/C11H17N5O4/c1-11(12)8-9(13-3-15-11)16(4-14-8)10-7(19)6(18)5(2-17)20-10/h3,5-7,10,17-19H,2,4,12H2,1H3/t5-,6-,7-,10-,11?/m1/s1. The van der Waals surface area contributed by atoms with Gasteiger partial charge in [-0.05, 0) is 6.92 Å². The number of hydrogen-bond acceptors (Lipinski definition) is 9. The molecule has 0 bridgehead atoms. The molecule has 3 aliphatic heterocycles. The average Bonchev–Trinajstić information content (AvgIpc) is 2.94. The summed E-state index contributed by atoms with van der Waals surface area (Å²) in [6.45, 7) is 1.54. The molecule has 0 aromatic carbocycles. The van der Waals surface area contributed by atoms with Gasteiger partial charge in [0.05, 0.1) is 6.61 Å². The molecule has 3 aliphatic rings. The van der Waals surface area contributed by atoms with Crippen molar-refractivity contribution in [1.29, 1.82) is 0 Å². The Morgan fingerprint density at radius 2 is 2.25 bits per heavy atom. The second kappa shape index (κ2) is 4.57. The third-order valence-corrected chi connectivity index (χ3v) is 3.67. The van der Waals surface area contributed by atoms with E-state index < -0.39 is 30.2 Å². The van der Waals surface area contributed by atoms with Gasteiger partial charge in [0.15, 0.2) is 17.7 Å². The van der Waals surface area contributed by atoms with Crippen LogP contribution in [0.1, 0.15) is 6.92 Å². The van der Waals surface area contributed by atoms with Crippen LogP contribution in [0, 0.1) is 0 Å². The van der Waals surface area contributed by atoms with Crippen LogP contribution in [0.2, 0.25) is 0 Å². The lowest BCUT2D eigenvalue weighted by Crippen LogP contribution is -2.54. The highest BCUT2D eigenvalue weighted by atomic mass is 16.6. The number of aliphatic hydroxyl groups is 3. The van der Waals surface area contributed by atoms with Gasteiger partial charge in [-0.2, -0.15) is 0 Å². The van der Waals surface area contributed by atoms with Gasteiger partial charge >= 0.3 is 0 Å². The first-order valence-electron chi connectivity index (χ1n) is 6.30. The number of aliphatic imine (C=N–C) groups is 3. The Hall–Kier alpha value is -1.39. The molecule has 9 heteroatoms. The third-order valence-electron chi connectivity index (χ3n) is 3.67. The number of ether oxygens (including phenoxy) is 1. The zero-order valence-corrected chi connectivity index (χ0v) is 10.9. The van der Waals surface area contributed by atoms with Gasteiger partial charge in [-0.15, -0.1) is 0 Å². The van der Waals surface area contributed by atoms with E-state index in [0.717, 1.165) is 0 Å². The highest BCUT2D eigenvalue weighted by molar-refractivity contribution is 6.47. The molecule has 0 saturated carbocycles. The minimum atomic E-state index is -1.16. The number of nitrogens with two attached hydrogens (primary N) is 1. The highest BCUT2D eigenvalue weighted by Gasteiger charge is 2.49. The van der Waals surface area contributed by atoms with Gasteiger partial charge in [0, 0.05) is 0 Å². The van der Waals surface area contributed by atoms with E-state index in [0.29, 0.717) is 11.5 Å². The molecular formula is C11H17N5O4. The fourth-order valence-corrected chi connectivity index (χ4v) is 2.55. The van der Waals surface area contributed by atoms with Crippen LogP contribution in [0.3, 0.4) is 0 Å². The SMILES string of the molecule is CC1(N)N=CN=C2C1=NCN2[C@@H]1O[C@H](CO)[C@@H](O)[C@H]1O. The molecule has 0 aliphatic carbocycles. The molecule has 20 heavy (non-hydrogen) atoms. The molecule has 3 rings (SSSR count). The van der Waals surface area contributed by atoms with E-state index >= 15 is 0 Å². The van der Waals surface area contributed by atoms with E-state index in [-0.39, 0.29) is 13.3 Å². The van der Waals surface area contributed by atoms with Crippen LogP contribution in [-0.4, -0.2) is 81.6 Å². The predicted octanol–water partition coefficient (Wildman–Crippen LogP) is -2.75. The number of hydrogen-bond donors (Lipinski definition) is 4. The van der Waals surface area contributed by atoms with Gasteiger partial charge in [-0.25, -0.2) is 9.98 Å². The van der Waals surface area contributed by atoms with Gasteiger partial charge in [-0.3, -0.25) is 4.99 Å². The Kier molecular flexibility index (Phi) is 3.10. The Morgan fingerprint density at radius 1 is 1.50 bits per heavy atom. The van der Waals surface area contributed by atoms with Crippen molar-refractivity contribution in [2.45, 2.75) is 37.1 Å². The molecule has 9 nitrogen and oxygen atoms in total. The third kappa shape index (κ3) is 1.86. The largest absolute Gasteiger partial charge is 0.394 e. The Bertz CT molecular complexity index is 503. The van der Waals surface area contributed by atoms with Crippen LogP contribution >= 0.6 is 0 Å². The van der Waals surface area contributed by atoms with Crippen molar-refractivity contribution in [2.75, 3.05) is 13.3 Å². The summed E-state index contributed by atoms with van der Waals surface area (Å²) in [6.07, 6.45) is -2.64. The molecule has 1 saturated heterocycles. The van der Waals surface area contributed by atoms with E-state index in [2.05, 4.69) is 15.0 Å². The summed E-state index contributed by atoms with van der Waals surface area (Å²) in [6, 6.07) is 0. The number of nitrogens with zero attached hydrogens (tertiary/aromatic N) is 4. The Balaban J connectivity index is 1.85. The molecule has 0 spiro atoms. The number of amidine groups is 1. The van der Waals surface area contributed by atoms with Crippen molar-refractivity contribution in [3.63, 3.8) is 0 Å². The van der Waals surface area contributed by atoms with Crippen LogP contribution in [-0.2, 0) is 4.74 Å². The molecule has 5 atom stereocenters. The summed E-state index contributed by atoms with van der Waals surface area (Å²) in [5.41, 5.74) is 5.55. The zero-order chi connectivity index (χ0) is 14.5. The summed E-state index contributed by atoms with van der Waals surface area (Å²) in [5, 5.41) is 29.0.